The van der Waals surface area contributed by atoms with Crippen LogP contribution >= 0.6 is 35.0 Å². The first-order valence-corrected chi connectivity index (χ1v) is 9.78. The molecule has 0 aliphatic carbocycles. The Morgan fingerprint density at radius 3 is 2.33 bits per heavy atom. The molecule has 1 fully saturated rings. The van der Waals surface area contributed by atoms with Crippen LogP contribution in [0.1, 0.15) is 11.1 Å². The van der Waals surface area contributed by atoms with E-state index < -0.39 is 0 Å². The zero-order valence-corrected chi connectivity index (χ0v) is 16.3. The van der Waals surface area contributed by atoms with Gasteiger partial charge in [-0.1, -0.05) is 71.7 Å². The highest BCUT2D eigenvalue weighted by atomic mass is 35.5. The van der Waals surface area contributed by atoms with Crippen LogP contribution < -0.4 is 0 Å². The van der Waals surface area contributed by atoms with Gasteiger partial charge in [0.15, 0.2) is 0 Å². The minimum absolute atomic E-state index is 0.0516. The average molecular weight is 414 g/mol. The fraction of sp³-hybridized carbons (Fsp3) is 0.0476. The molecule has 0 atom stereocenters. The molecule has 134 valence electrons. The first-order chi connectivity index (χ1) is 13.0. The maximum Gasteiger partial charge on any atom is 0.293 e. The summed E-state index contributed by atoms with van der Waals surface area (Å²) >= 11 is 13.3. The van der Waals surface area contributed by atoms with E-state index in [1.54, 1.807) is 24.3 Å². The highest BCUT2D eigenvalue weighted by Crippen LogP contribution is 2.36. The minimum atomic E-state index is -0.339. The van der Waals surface area contributed by atoms with Crippen LogP contribution in [-0.2, 0) is 11.3 Å². The number of nitrogens with zero attached hydrogens (tertiary/aromatic N) is 1. The normalized spacial score (nSPS) is 15.9. The van der Waals surface area contributed by atoms with Gasteiger partial charge in [-0.2, -0.15) is 0 Å². The summed E-state index contributed by atoms with van der Waals surface area (Å²) < 4.78 is 0. The summed E-state index contributed by atoms with van der Waals surface area (Å²) in [4.78, 5) is 26.8. The van der Waals surface area contributed by atoms with Crippen LogP contribution in [0.15, 0.2) is 65.6 Å². The minimum Gasteiger partial charge on any atom is -0.268 e. The van der Waals surface area contributed by atoms with Gasteiger partial charge in [0.05, 0.1) is 11.4 Å². The molecule has 1 aliphatic heterocycles. The van der Waals surface area contributed by atoms with E-state index in [1.165, 1.54) is 4.90 Å². The molecule has 0 bridgehead atoms. The van der Waals surface area contributed by atoms with Crippen molar-refractivity contribution in [3.05, 3.63) is 86.7 Å². The number of amides is 2. The Labute approximate surface area is 170 Å². The maximum atomic E-state index is 12.8. The van der Waals surface area contributed by atoms with Gasteiger partial charge in [0, 0.05) is 15.6 Å². The van der Waals surface area contributed by atoms with Crippen LogP contribution in [0.4, 0.5) is 4.79 Å². The van der Waals surface area contributed by atoms with Crippen molar-refractivity contribution in [2.24, 2.45) is 0 Å². The van der Waals surface area contributed by atoms with Crippen LogP contribution in [-0.4, -0.2) is 16.0 Å². The van der Waals surface area contributed by atoms with E-state index in [2.05, 4.69) is 0 Å². The first kappa shape index (κ1) is 18.1. The van der Waals surface area contributed by atoms with Gasteiger partial charge in [-0.05, 0) is 46.3 Å². The van der Waals surface area contributed by atoms with Crippen LogP contribution in [0.5, 0.6) is 0 Å². The van der Waals surface area contributed by atoms with Crippen molar-refractivity contribution in [1.82, 2.24) is 4.90 Å². The standard InChI is InChI=1S/C21H13Cl2NO2S/c22-17-9-4-10-18(23)16(17)12-24-20(25)19(27-21(24)26)11-14-7-3-6-13-5-1-2-8-15(13)14/h1-11H,12H2/b19-11+. The van der Waals surface area contributed by atoms with Crippen LogP contribution in [0, 0.1) is 0 Å². The summed E-state index contributed by atoms with van der Waals surface area (Å²) in [6.07, 6.45) is 1.77. The molecule has 3 aromatic carbocycles. The van der Waals surface area contributed by atoms with E-state index in [0.29, 0.717) is 20.5 Å². The number of thioether (sulfide) groups is 1. The number of halogens is 2. The second kappa shape index (κ2) is 7.39. The van der Waals surface area contributed by atoms with Crippen molar-refractivity contribution in [1.29, 1.82) is 0 Å². The monoisotopic (exact) mass is 413 g/mol. The predicted octanol–water partition coefficient (Wildman–Crippen LogP) is 6.38. The highest BCUT2D eigenvalue weighted by molar-refractivity contribution is 8.18. The third-order valence-electron chi connectivity index (χ3n) is 4.36. The van der Waals surface area contributed by atoms with Crippen LogP contribution in [0.25, 0.3) is 16.8 Å². The number of hydrogen-bond acceptors (Lipinski definition) is 3. The zero-order valence-electron chi connectivity index (χ0n) is 14.0. The SMILES string of the molecule is O=C1S/C(=C/c2cccc3ccccc23)C(=O)N1Cc1c(Cl)cccc1Cl. The van der Waals surface area contributed by atoms with E-state index in [4.69, 9.17) is 23.2 Å². The third-order valence-corrected chi connectivity index (χ3v) is 5.98. The molecule has 3 nitrogen and oxygen atoms in total. The number of carbonyl (C=O) groups excluding carboxylic acids is 2. The molecule has 3 aromatic rings. The van der Waals surface area contributed by atoms with Crippen molar-refractivity contribution < 1.29 is 9.59 Å². The number of fused-ring (bicyclic) bond motifs is 1. The highest BCUT2D eigenvalue weighted by Gasteiger charge is 2.35. The van der Waals surface area contributed by atoms with Gasteiger partial charge in [0.2, 0.25) is 0 Å². The Kier molecular flexibility index (Phi) is 4.96. The van der Waals surface area contributed by atoms with Gasteiger partial charge in [0.25, 0.3) is 11.1 Å². The van der Waals surface area contributed by atoms with Crippen molar-refractivity contribution >= 4 is 63.0 Å². The molecule has 1 aliphatic rings. The summed E-state index contributed by atoms with van der Waals surface area (Å²) in [5.41, 5.74) is 1.46. The Morgan fingerprint density at radius 2 is 1.56 bits per heavy atom. The van der Waals surface area contributed by atoms with Crippen molar-refractivity contribution in [3.8, 4) is 0 Å². The van der Waals surface area contributed by atoms with Gasteiger partial charge >= 0.3 is 0 Å². The summed E-state index contributed by atoms with van der Waals surface area (Å²) in [6.45, 7) is 0.0516. The lowest BCUT2D eigenvalue weighted by molar-refractivity contribution is -0.123. The second-order valence-electron chi connectivity index (χ2n) is 6.04. The Bertz CT molecular complexity index is 1080. The number of carbonyl (C=O) groups is 2. The molecular weight excluding hydrogens is 401 g/mol. The molecule has 4 rings (SSSR count). The molecule has 1 heterocycles. The second-order valence-corrected chi connectivity index (χ2v) is 7.84. The Balaban J connectivity index is 1.67. The molecule has 27 heavy (non-hydrogen) atoms. The molecule has 0 aromatic heterocycles. The van der Waals surface area contributed by atoms with E-state index in [9.17, 15) is 9.59 Å². The lowest BCUT2D eigenvalue weighted by Gasteiger charge is -2.14. The largest absolute Gasteiger partial charge is 0.293 e. The lowest BCUT2D eigenvalue weighted by Crippen LogP contribution is -2.27. The van der Waals surface area contributed by atoms with Crippen molar-refractivity contribution in [2.75, 3.05) is 0 Å². The van der Waals surface area contributed by atoms with Gasteiger partial charge in [0.1, 0.15) is 0 Å². The van der Waals surface area contributed by atoms with E-state index in [1.807, 2.05) is 42.5 Å². The van der Waals surface area contributed by atoms with Gasteiger partial charge in [-0.25, -0.2) is 0 Å². The third kappa shape index (κ3) is 3.48. The van der Waals surface area contributed by atoms with Gasteiger partial charge in [-0.15, -0.1) is 0 Å². The molecule has 0 unspecified atom stereocenters. The van der Waals surface area contributed by atoms with Gasteiger partial charge in [-0.3, -0.25) is 14.5 Å². The fourth-order valence-corrected chi connectivity index (χ4v) is 4.34. The number of imide groups is 1. The Hall–Kier alpha value is -2.27. The number of rotatable bonds is 3. The van der Waals surface area contributed by atoms with E-state index in [-0.39, 0.29) is 17.7 Å². The maximum absolute atomic E-state index is 12.8. The molecular formula is C21H13Cl2NO2S. The van der Waals surface area contributed by atoms with E-state index in [0.717, 1.165) is 28.1 Å². The van der Waals surface area contributed by atoms with E-state index >= 15 is 0 Å². The molecule has 0 radical (unpaired) electrons. The fourth-order valence-electron chi connectivity index (χ4n) is 3.00. The molecule has 0 N–H and O–H groups in total. The molecule has 2 amide bonds. The smallest absolute Gasteiger partial charge is 0.268 e. The summed E-state index contributed by atoms with van der Waals surface area (Å²) in [5, 5.41) is 2.64. The van der Waals surface area contributed by atoms with Crippen molar-refractivity contribution in [2.45, 2.75) is 6.54 Å². The summed E-state index contributed by atoms with van der Waals surface area (Å²) in [7, 11) is 0. The summed E-state index contributed by atoms with van der Waals surface area (Å²) in [6, 6.07) is 18.9. The molecule has 0 spiro atoms. The average Bonchev–Trinajstić information content (AvgIpc) is 2.92. The molecule has 1 saturated heterocycles. The zero-order chi connectivity index (χ0) is 19.0. The Morgan fingerprint density at radius 1 is 0.889 bits per heavy atom. The molecule has 6 heteroatoms. The summed E-state index contributed by atoms with van der Waals surface area (Å²) in [5.74, 6) is -0.339. The number of benzene rings is 3. The van der Waals surface area contributed by atoms with Crippen LogP contribution in [0.3, 0.4) is 0 Å². The predicted molar refractivity (Wildman–Crippen MR) is 112 cm³/mol. The van der Waals surface area contributed by atoms with Gasteiger partial charge < -0.3 is 0 Å². The lowest BCUT2D eigenvalue weighted by atomic mass is 10.0. The number of hydrogen-bond donors (Lipinski definition) is 0. The first-order valence-electron chi connectivity index (χ1n) is 8.20. The quantitative estimate of drug-likeness (QED) is 0.467. The molecule has 0 saturated carbocycles. The van der Waals surface area contributed by atoms with Crippen molar-refractivity contribution in [3.63, 3.8) is 0 Å². The van der Waals surface area contributed by atoms with Crippen LogP contribution in [0.2, 0.25) is 10.0 Å². The topological polar surface area (TPSA) is 37.4 Å².